The minimum atomic E-state index is -0.644. The monoisotopic (exact) mass is 330 g/mol. The molecule has 0 bridgehead atoms. The van der Waals surface area contributed by atoms with E-state index >= 15 is 0 Å². The fourth-order valence-electron chi connectivity index (χ4n) is 3.46. The summed E-state index contributed by atoms with van der Waals surface area (Å²) in [7, 11) is 0. The molecule has 21 heavy (non-hydrogen) atoms. The minimum Gasteiger partial charge on any atom is -0.388 e. The molecule has 2 heterocycles. The molecule has 5 heteroatoms. The van der Waals surface area contributed by atoms with Crippen LogP contribution in [0.15, 0.2) is 18.2 Å². The van der Waals surface area contributed by atoms with E-state index in [-0.39, 0.29) is 11.5 Å². The summed E-state index contributed by atoms with van der Waals surface area (Å²) in [5, 5.41) is 11.8. The van der Waals surface area contributed by atoms with Gasteiger partial charge in [-0.2, -0.15) is 0 Å². The third-order valence-corrected chi connectivity index (χ3v) is 5.34. The maximum Gasteiger partial charge on any atom is 0.0849 e. The van der Waals surface area contributed by atoms with Crippen molar-refractivity contribution in [1.82, 2.24) is 0 Å². The third-order valence-electron chi connectivity index (χ3n) is 4.68. The van der Waals surface area contributed by atoms with E-state index < -0.39 is 6.10 Å². The molecule has 0 aliphatic carbocycles. The van der Waals surface area contributed by atoms with Gasteiger partial charge < -0.3 is 14.6 Å². The van der Waals surface area contributed by atoms with E-state index in [1.54, 1.807) is 18.2 Å². The fraction of sp³-hybridized carbons (Fsp3) is 0.625. The van der Waals surface area contributed by atoms with Crippen LogP contribution in [0.4, 0.5) is 0 Å². The summed E-state index contributed by atoms with van der Waals surface area (Å²) in [5.41, 5.74) is 0.505. The standard InChI is InChI=1S/C16H20Cl2O3/c17-12-2-1-3-13(18)14(12)15(19)11-4-7-21-16(10-11)5-8-20-9-6-16/h1-3,11,15,19H,4-10H2. The average molecular weight is 331 g/mol. The molecule has 0 radical (unpaired) electrons. The fourth-order valence-corrected chi connectivity index (χ4v) is 4.08. The van der Waals surface area contributed by atoms with Crippen LogP contribution in [0.3, 0.4) is 0 Å². The van der Waals surface area contributed by atoms with Crippen LogP contribution >= 0.6 is 23.2 Å². The molecule has 0 saturated carbocycles. The SMILES string of the molecule is OC(c1c(Cl)cccc1Cl)C1CCOC2(CCOCC2)C1. The van der Waals surface area contributed by atoms with Gasteiger partial charge >= 0.3 is 0 Å². The lowest BCUT2D eigenvalue weighted by Gasteiger charge is -2.44. The van der Waals surface area contributed by atoms with Gasteiger partial charge in [0, 0.05) is 35.4 Å². The van der Waals surface area contributed by atoms with Gasteiger partial charge in [0.05, 0.1) is 11.7 Å². The summed E-state index contributed by atoms with van der Waals surface area (Å²) in [6, 6.07) is 5.34. The Morgan fingerprint density at radius 1 is 1.14 bits per heavy atom. The number of hydrogen-bond acceptors (Lipinski definition) is 3. The lowest BCUT2D eigenvalue weighted by Crippen LogP contribution is -2.45. The highest BCUT2D eigenvalue weighted by atomic mass is 35.5. The van der Waals surface area contributed by atoms with Gasteiger partial charge in [-0.25, -0.2) is 0 Å². The number of aliphatic hydroxyl groups excluding tert-OH is 1. The van der Waals surface area contributed by atoms with Crippen molar-refractivity contribution < 1.29 is 14.6 Å². The molecule has 2 atom stereocenters. The first-order valence-electron chi connectivity index (χ1n) is 7.45. The molecule has 1 aromatic carbocycles. The van der Waals surface area contributed by atoms with Crippen LogP contribution in [0.2, 0.25) is 10.0 Å². The molecule has 0 amide bonds. The molecule has 2 aliphatic rings. The van der Waals surface area contributed by atoms with Gasteiger partial charge in [-0.1, -0.05) is 29.3 Å². The van der Waals surface area contributed by atoms with Crippen LogP contribution in [0.25, 0.3) is 0 Å². The second kappa shape index (κ2) is 6.43. The Bertz CT molecular complexity index is 475. The maximum absolute atomic E-state index is 10.8. The zero-order chi connectivity index (χ0) is 14.9. The number of halogens is 2. The normalized spacial score (nSPS) is 26.7. The number of benzene rings is 1. The smallest absolute Gasteiger partial charge is 0.0849 e. The summed E-state index contributed by atoms with van der Waals surface area (Å²) in [6.45, 7) is 2.13. The molecule has 3 rings (SSSR count). The highest BCUT2D eigenvalue weighted by Gasteiger charge is 2.41. The van der Waals surface area contributed by atoms with E-state index in [1.807, 2.05) is 0 Å². The summed E-state index contributed by atoms with van der Waals surface area (Å²) in [4.78, 5) is 0. The third kappa shape index (κ3) is 3.22. The first-order chi connectivity index (χ1) is 10.1. The molecule has 1 N–H and O–H groups in total. The van der Waals surface area contributed by atoms with Crippen LogP contribution in [0.1, 0.15) is 37.4 Å². The molecule has 1 spiro atoms. The summed E-state index contributed by atoms with van der Waals surface area (Å²) in [6.07, 6.45) is 2.80. The highest BCUT2D eigenvalue weighted by molar-refractivity contribution is 6.36. The minimum absolute atomic E-state index is 0.120. The largest absolute Gasteiger partial charge is 0.388 e. The average Bonchev–Trinajstić information content (AvgIpc) is 2.48. The molecule has 2 fully saturated rings. The van der Waals surface area contributed by atoms with E-state index in [9.17, 15) is 5.11 Å². The van der Waals surface area contributed by atoms with Gasteiger partial charge in [-0.05, 0) is 43.7 Å². The molecular weight excluding hydrogens is 311 g/mol. The number of rotatable bonds is 2. The van der Waals surface area contributed by atoms with Gasteiger partial charge in [0.2, 0.25) is 0 Å². The van der Waals surface area contributed by atoms with Crippen molar-refractivity contribution in [2.24, 2.45) is 5.92 Å². The second-order valence-corrected chi connectivity index (χ2v) is 6.79. The van der Waals surface area contributed by atoms with Crippen molar-refractivity contribution >= 4 is 23.2 Å². The molecule has 3 nitrogen and oxygen atoms in total. The maximum atomic E-state index is 10.8. The van der Waals surface area contributed by atoms with E-state index in [4.69, 9.17) is 32.7 Å². The Balaban J connectivity index is 1.79. The second-order valence-electron chi connectivity index (χ2n) is 5.98. The molecule has 0 aromatic heterocycles. The van der Waals surface area contributed by atoms with Gasteiger partial charge in [-0.15, -0.1) is 0 Å². The Kier molecular flexibility index (Phi) is 4.77. The van der Waals surface area contributed by atoms with Gasteiger partial charge in [0.15, 0.2) is 0 Å². The van der Waals surface area contributed by atoms with Gasteiger partial charge in [0.1, 0.15) is 0 Å². The molecule has 2 aliphatic heterocycles. The zero-order valence-corrected chi connectivity index (χ0v) is 13.4. The number of aliphatic hydroxyl groups is 1. The first-order valence-corrected chi connectivity index (χ1v) is 8.21. The van der Waals surface area contributed by atoms with E-state index in [2.05, 4.69) is 0 Å². The molecule has 116 valence electrons. The summed E-state index contributed by atoms with van der Waals surface area (Å²) < 4.78 is 11.5. The van der Waals surface area contributed by atoms with Gasteiger partial charge in [-0.3, -0.25) is 0 Å². The van der Waals surface area contributed by atoms with E-state index in [0.717, 1.165) is 38.9 Å². The van der Waals surface area contributed by atoms with E-state index in [0.29, 0.717) is 22.2 Å². The molecule has 2 unspecified atom stereocenters. The predicted octanol–water partition coefficient (Wildman–Crippen LogP) is 4.00. The van der Waals surface area contributed by atoms with Crippen LogP contribution in [0.5, 0.6) is 0 Å². The van der Waals surface area contributed by atoms with E-state index in [1.165, 1.54) is 0 Å². The summed E-state index contributed by atoms with van der Waals surface area (Å²) >= 11 is 12.5. The Morgan fingerprint density at radius 3 is 2.48 bits per heavy atom. The lowest BCUT2D eigenvalue weighted by molar-refractivity contribution is -0.159. The Morgan fingerprint density at radius 2 is 1.81 bits per heavy atom. The van der Waals surface area contributed by atoms with Crippen LogP contribution < -0.4 is 0 Å². The Hall–Kier alpha value is -0.320. The highest BCUT2D eigenvalue weighted by Crippen LogP contribution is 2.44. The van der Waals surface area contributed by atoms with Crippen molar-refractivity contribution in [3.05, 3.63) is 33.8 Å². The van der Waals surface area contributed by atoms with Crippen LogP contribution in [0, 0.1) is 5.92 Å². The molecule has 2 saturated heterocycles. The quantitative estimate of drug-likeness (QED) is 0.890. The van der Waals surface area contributed by atoms with Crippen molar-refractivity contribution in [1.29, 1.82) is 0 Å². The topological polar surface area (TPSA) is 38.7 Å². The van der Waals surface area contributed by atoms with Crippen molar-refractivity contribution in [2.75, 3.05) is 19.8 Å². The summed E-state index contributed by atoms with van der Waals surface area (Å²) in [5.74, 6) is 0.120. The van der Waals surface area contributed by atoms with Crippen molar-refractivity contribution in [2.45, 2.75) is 37.4 Å². The number of hydrogen-bond donors (Lipinski definition) is 1. The molecule has 1 aromatic rings. The van der Waals surface area contributed by atoms with Crippen molar-refractivity contribution in [3.63, 3.8) is 0 Å². The van der Waals surface area contributed by atoms with Gasteiger partial charge in [0.25, 0.3) is 0 Å². The van der Waals surface area contributed by atoms with Crippen LogP contribution in [-0.4, -0.2) is 30.5 Å². The Labute approximate surface area is 135 Å². The predicted molar refractivity (Wildman–Crippen MR) is 82.9 cm³/mol. The number of ether oxygens (including phenoxy) is 2. The van der Waals surface area contributed by atoms with Crippen LogP contribution in [-0.2, 0) is 9.47 Å². The first kappa shape index (κ1) is 15.6. The zero-order valence-electron chi connectivity index (χ0n) is 11.9. The molecular formula is C16H20Cl2O3. The lowest BCUT2D eigenvalue weighted by atomic mass is 9.77. The van der Waals surface area contributed by atoms with Crippen molar-refractivity contribution in [3.8, 4) is 0 Å².